The summed E-state index contributed by atoms with van der Waals surface area (Å²) in [4.78, 5) is 0. The van der Waals surface area contributed by atoms with Crippen molar-refractivity contribution in [3.8, 4) is 0 Å². The van der Waals surface area contributed by atoms with Crippen molar-refractivity contribution in [2.75, 3.05) is 0 Å². The number of hydrogen-bond donors (Lipinski definition) is 0. The molecule has 0 radical (unpaired) electrons. The Hall–Kier alpha value is -0.780. The molecule has 13 heavy (non-hydrogen) atoms. The summed E-state index contributed by atoms with van der Waals surface area (Å²) in [6, 6.07) is 0. The van der Waals surface area contributed by atoms with Gasteiger partial charge in [-0.1, -0.05) is 38.2 Å². The summed E-state index contributed by atoms with van der Waals surface area (Å²) in [7, 11) is 0. The maximum absolute atomic E-state index is 2.38. The summed E-state index contributed by atoms with van der Waals surface area (Å²) in [5, 5.41) is 0. The predicted molar refractivity (Wildman–Crippen MR) is 59.7 cm³/mol. The van der Waals surface area contributed by atoms with E-state index in [1.807, 2.05) is 13.8 Å². The van der Waals surface area contributed by atoms with Crippen molar-refractivity contribution in [3.05, 3.63) is 35.5 Å². The van der Waals surface area contributed by atoms with Gasteiger partial charge in [0.2, 0.25) is 0 Å². The number of fused-ring (bicyclic) bond motifs is 1. The Morgan fingerprint density at radius 1 is 1.00 bits per heavy atom. The molecule has 0 aliphatic heterocycles. The maximum Gasteiger partial charge on any atom is -0.0160 e. The maximum atomic E-state index is 2.38. The molecule has 0 amide bonds. The van der Waals surface area contributed by atoms with Crippen LogP contribution in [0.3, 0.4) is 0 Å². The highest BCUT2D eigenvalue weighted by molar-refractivity contribution is 5.37. The molecule has 0 bridgehead atoms. The minimum atomic E-state index is 1.13. The molecule has 2 aliphatic rings. The van der Waals surface area contributed by atoms with E-state index in [-0.39, 0.29) is 0 Å². The normalized spacial score (nSPS) is 20.2. The lowest BCUT2D eigenvalue weighted by molar-refractivity contribution is 0.678. The molecular weight excluding hydrogens is 156 g/mol. The van der Waals surface area contributed by atoms with Gasteiger partial charge in [0.05, 0.1) is 0 Å². The van der Waals surface area contributed by atoms with Crippen LogP contribution >= 0.6 is 0 Å². The number of hydrogen-bond acceptors (Lipinski definition) is 0. The van der Waals surface area contributed by atoms with Gasteiger partial charge in [-0.05, 0) is 43.3 Å². The number of allylic oxidation sites excluding steroid dienone is 6. The fourth-order valence-electron chi connectivity index (χ4n) is 1.85. The summed E-state index contributed by atoms with van der Waals surface area (Å²) in [5.74, 6) is 0. The Morgan fingerprint density at radius 3 is 2.46 bits per heavy atom. The minimum Gasteiger partial charge on any atom is -0.0807 e. The second-order valence-corrected chi connectivity index (χ2v) is 3.29. The van der Waals surface area contributed by atoms with E-state index in [2.05, 4.69) is 24.3 Å². The average Bonchev–Trinajstić information content (AvgIpc) is 2.45. The van der Waals surface area contributed by atoms with Crippen LogP contribution in [0.25, 0.3) is 0 Å². The molecule has 0 unspecified atom stereocenters. The first kappa shape index (κ1) is 10.3. The molecular formula is C13H20. The van der Waals surface area contributed by atoms with Crippen molar-refractivity contribution in [1.29, 1.82) is 0 Å². The molecule has 1 saturated carbocycles. The highest BCUT2D eigenvalue weighted by Crippen LogP contribution is 2.29. The molecule has 0 spiro atoms. The third kappa shape index (κ3) is 2.87. The van der Waals surface area contributed by atoms with Crippen molar-refractivity contribution >= 4 is 0 Å². The molecule has 72 valence electrons. The van der Waals surface area contributed by atoms with Crippen LogP contribution in [-0.2, 0) is 0 Å². The van der Waals surface area contributed by atoms with Gasteiger partial charge in [-0.3, -0.25) is 0 Å². The van der Waals surface area contributed by atoms with Crippen LogP contribution < -0.4 is 0 Å². The first-order chi connectivity index (χ1) is 6.47. The second-order valence-electron chi connectivity index (χ2n) is 3.29. The van der Waals surface area contributed by atoms with Gasteiger partial charge >= 0.3 is 0 Å². The Labute approximate surface area is 82.0 Å². The Bertz CT molecular complexity index is 228. The smallest absolute Gasteiger partial charge is 0.0160 e. The van der Waals surface area contributed by atoms with Crippen LogP contribution in [0, 0.1) is 0 Å². The van der Waals surface area contributed by atoms with E-state index in [0.29, 0.717) is 0 Å². The standard InChI is InChI=1S/C11H14.C2H6/c1-2-6-10-8-4-5-9-11(10)7-3-1;1-2/h1-2,6-7H,3-5,8-9H2;1-2H3. The molecule has 0 aromatic carbocycles. The monoisotopic (exact) mass is 176 g/mol. The van der Waals surface area contributed by atoms with Crippen molar-refractivity contribution in [2.24, 2.45) is 0 Å². The summed E-state index contributed by atoms with van der Waals surface area (Å²) >= 11 is 0. The zero-order chi connectivity index (χ0) is 9.52. The molecule has 0 heteroatoms. The molecule has 2 aliphatic carbocycles. The molecule has 0 nitrogen and oxygen atoms in total. The average molecular weight is 176 g/mol. The van der Waals surface area contributed by atoms with Gasteiger partial charge < -0.3 is 0 Å². The Morgan fingerprint density at radius 2 is 1.69 bits per heavy atom. The quantitative estimate of drug-likeness (QED) is 0.513. The van der Waals surface area contributed by atoms with E-state index in [0.717, 1.165) is 6.42 Å². The van der Waals surface area contributed by atoms with Crippen molar-refractivity contribution in [2.45, 2.75) is 46.0 Å². The molecule has 0 N–H and O–H groups in total. The van der Waals surface area contributed by atoms with Crippen LogP contribution in [0.2, 0.25) is 0 Å². The Kier molecular flexibility index (Phi) is 4.59. The van der Waals surface area contributed by atoms with E-state index >= 15 is 0 Å². The van der Waals surface area contributed by atoms with E-state index in [1.54, 1.807) is 11.1 Å². The lowest BCUT2D eigenvalue weighted by Crippen LogP contribution is -1.97. The van der Waals surface area contributed by atoms with E-state index in [1.165, 1.54) is 25.7 Å². The summed E-state index contributed by atoms with van der Waals surface area (Å²) in [6.45, 7) is 4.00. The Balaban J connectivity index is 0.000000396. The van der Waals surface area contributed by atoms with E-state index < -0.39 is 0 Å². The molecule has 0 aromatic rings. The molecule has 0 heterocycles. The van der Waals surface area contributed by atoms with E-state index in [9.17, 15) is 0 Å². The van der Waals surface area contributed by atoms with Crippen molar-refractivity contribution < 1.29 is 0 Å². The van der Waals surface area contributed by atoms with Gasteiger partial charge in [-0.25, -0.2) is 0 Å². The third-order valence-electron chi connectivity index (χ3n) is 2.49. The fourth-order valence-corrected chi connectivity index (χ4v) is 1.85. The predicted octanol–water partition coefficient (Wildman–Crippen LogP) is 4.40. The first-order valence-corrected chi connectivity index (χ1v) is 5.52. The molecule has 2 rings (SSSR count). The fraction of sp³-hybridized carbons (Fsp3) is 0.538. The van der Waals surface area contributed by atoms with Gasteiger partial charge in [0.25, 0.3) is 0 Å². The minimum absolute atomic E-state index is 1.13. The largest absolute Gasteiger partial charge is 0.0807 e. The van der Waals surface area contributed by atoms with Crippen LogP contribution in [-0.4, -0.2) is 0 Å². The first-order valence-electron chi connectivity index (χ1n) is 5.52. The topological polar surface area (TPSA) is 0 Å². The lowest BCUT2D eigenvalue weighted by atomic mass is 9.89. The van der Waals surface area contributed by atoms with Crippen LogP contribution in [0.4, 0.5) is 0 Å². The van der Waals surface area contributed by atoms with Gasteiger partial charge in [0.15, 0.2) is 0 Å². The number of rotatable bonds is 0. The van der Waals surface area contributed by atoms with Gasteiger partial charge in [-0.15, -0.1) is 0 Å². The van der Waals surface area contributed by atoms with Crippen LogP contribution in [0.5, 0.6) is 0 Å². The highest BCUT2D eigenvalue weighted by Gasteiger charge is 2.10. The summed E-state index contributed by atoms with van der Waals surface area (Å²) in [5.41, 5.74) is 3.20. The summed E-state index contributed by atoms with van der Waals surface area (Å²) < 4.78 is 0. The van der Waals surface area contributed by atoms with Crippen molar-refractivity contribution in [1.82, 2.24) is 0 Å². The second kappa shape index (κ2) is 5.80. The van der Waals surface area contributed by atoms with Crippen molar-refractivity contribution in [3.63, 3.8) is 0 Å². The third-order valence-corrected chi connectivity index (χ3v) is 2.49. The molecule has 0 saturated heterocycles. The SMILES string of the molecule is C1=CCC=C2CCCCC2=C1.CC. The van der Waals surface area contributed by atoms with Gasteiger partial charge in [0.1, 0.15) is 0 Å². The van der Waals surface area contributed by atoms with Crippen LogP contribution in [0.15, 0.2) is 35.5 Å². The highest BCUT2D eigenvalue weighted by atomic mass is 14.2. The zero-order valence-electron chi connectivity index (χ0n) is 8.84. The van der Waals surface area contributed by atoms with Gasteiger partial charge in [0, 0.05) is 0 Å². The molecule has 0 aromatic heterocycles. The summed E-state index contributed by atoms with van der Waals surface area (Å²) in [6.07, 6.45) is 15.6. The molecule has 1 fully saturated rings. The molecule has 0 atom stereocenters. The lowest BCUT2D eigenvalue weighted by Gasteiger charge is -2.16. The van der Waals surface area contributed by atoms with Gasteiger partial charge in [-0.2, -0.15) is 0 Å². The zero-order valence-corrected chi connectivity index (χ0v) is 8.84. The van der Waals surface area contributed by atoms with E-state index in [4.69, 9.17) is 0 Å². The van der Waals surface area contributed by atoms with Crippen LogP contribution in [0.1, 0.15) is 46.0 Å².